The molecule has 2 heterocycles. The number of thiazole rings is 1. The zero-order chi connectivity index (χ0) is 19.5. The molecule has 0 fully saturated rings. The molecule has 0 saturated heterocycles. The van der Waals surface area contributed by atoms with Gasteiger partial charge in [-0.1, -0.05) is 18.2 Å². The van der Waals surface area contributed by atoms with E-state index in [0.717, 1.165) is 10.7 Å². The van der Waals surface area contributed by atoms with Crippen LogP contribution < -0.4 is 10.1 Å². The topological polar surface area (TPSA) is 68.5 Å². The molecule has 0 aliphatic rings. The number of carbonyl (C=O) groups excluding carboxylic acids is 1. The summed E-state index contributed by atoms with van der Waals surface area (Å²) in [6.07, 6.45) is 0.599. The molecule has 0 atom stereocenters. The molecule has 8 heteroatoms. The van der Waals surface area contributed by atoms with Gasteiger partial charge in [-0.25, -0.2) is 8.91 Å². The molecule has 2 aromatic heterocycles. The molecule has 28 heavy (non-hydrogen) atoms. The summed E-state index contributed by atoms with van der Waals surface area (Å²) in [6, 6.07) is 13.2. The molecule has 142 valence electrons. The van der Waals surface area contributed by atoms with Crippen LogP contribution in [-0.2, 0) is 6.42 Å². The monoisotopic (exact) mass is 396 g/mol. The average molecular weight is 396 g/mol. The third-order valence-electron chi connectivity index (χ3n) is 4.23. The van der Waals surface area contributed by atoms with Crippen LogP contribution in [0.2, 0.25) is 0 Å². The van der Waals surface area contributed by atoms with E-state index in [0.29, 0.717) is 35.7 Å². The molecule has 0 aliphatic heterocycles. The van der Waals surface area contributed by atoms with E-state index in [9.17, 15) is 9.18 Å². The van der Waals surface area contributed by atoms with Gasteiger partial charge >= 0.3 is 0 Å². The number of aromatic nitrogens is 3. The molecule has 0 saturated carbocycles. The number of halogens is 1. The third-order valence-corrected chi connectivity index (χ3v) is 5.10. The number of nitrogens with one attached hydrogen (secondary N) is 1. The number of amides is 1. The van der Waals surface area contributed by atoms with Crippen molar-refractivity contribution >= 4 is 22.2 Å². The summed E-state index contributed by atoms with van der Waals surface area (Å²) in [5.74, 6) is 0.633. The van der Waals surface area contributed by atoms with Crippen molar-refractivity contribution in [1.29, 1.82) is 0 Å². The maximum absolute atomic E-state index is 13.4. The number of methoxy groups -OCH3 is 1. The van der Waals surface area contributed by atoms with Crippen LogP contribution in [0.1, 0.15) is 16.1 Å². The first-order valence-electron chi connectivity index (χ1n) is 8.65. The van der Waals surface area contributed by atoms with Crippen LogP contribution in [0.15, 0.2) is 53.9 Å². The van der Waals surface area contributed by atoms with E-state index in [-0.39, 0.29) is 11.7 Å². The quantitative estimate of drug-likeness (QED) is 0.541. The minimum Gasteiger partial charge on any atom is -0.497 e. The second-order valence-electron chi connectivity index (χ2n) is 6.11. The zero-order valence-electron chi connectivity index (χ0n) is 15.1. The van der Waals surface area contributed by atoms with Gasteiger partial charge in [0, 0.05) is 29.5 Å². The second kappa shape index (κ2) is 7.77. The van der Waals surface area contributed by atoms with E-state index < -0.39 is 0 Å². The first-order chi connectivity index (χ1) is 13.6. The van der Waals surface area contributed by atoms with Crippen molar-refractivity contribution in [2.75, 3.05) is 13.7 Å². The van der Waals surface area contributed by atoms with E-state index in [1.54, 1.807) is 48.0 Å². The van der Waals surface area contributed by atoms with Crippen molar-refractivity contribution < 1.29 is 13.9 Å². The van der Waals surface area contributed by atoms with Crippen LogP contribution in [0.3, 0.4) is 0 Å². The van der Waals surface area contributed by atoms with E-state index in [2.05, 4.69) is 15.4 Å². The van der Waals surface area contributed by atoms with Crippen LogP contribution in [0, 0.1) is 5.82 Å². The van der Waals surface area contributed by atoms with Crippen LogP contribution >= 0.6 is 11.3 Å². The van der Waals surface area contributed by atoms with E-state index in [4.69, 9.17) is 4.74 Å². The predicted octanol–water partition coefficient (Wildman–Crippen LogP) is 3.58. The maximum atomic E-state index is 13.4. The second-order valence-corrected chi connectivity index (χ2v) is 6.94. The van der Waals surface area contributed by atoms with Crippen LogP contribution in [-0.4, -0.2) is 34.2 Å². The number of nitrogens with zero attached hydrogens (tertiary/aromatic N) is 3. The molecule has 4 rings (SSSR count). The molecule has 6 nitrogen and oxygen atoms in total. The molecule has 1 N–H and O–H groups in total. The van der Waals surface area contributed by atoms with Crippen molar-refractivity contribution in [1.82, 2.24) is 19.9 Å². The van der Waals surface area contributed by atoms with Gasteiger partial charge in [0.05, 0.1) is 12.8 Å². The molecule has 1 amide bonds. The Balaban J connectivity index is 1.44. The van der Waals surface area contributed by atoms with Gasteiger partial charge < -0.3 is 10.1 Å². The molecule has 0 bridgehead atoms. The number of carbonyl (C=O) groups is 1. The number of hydrogen-bond acceptors (Lipinski definition) is 5. The molecule has 2 aromatic carbocycles. The third kappa shape index (κ3) is 3.72. The van der Waals surface area contributed by atoms with E-state index >= 15 is 0 Å². The number of ether oxygens (including phenoxy) is 1. The first-order valence-corrected chi connectivity index (χ1v) is 9.53. The van der Waals surface area contributed by atoms with Crippen LogP contribution in [0.4, 0.5) is 4.39 Å². The summed E-state index contributed by atoms with van der Waals surface area (Å²) in [5.41, 5.74) is 2.11. The van der Waals surface area contributed by atoms with Gasteiger partial charge in [0.2, 0.25) is 4.96 Å². The predicted molar refractivity (Wildman–Crippen MR) is 105 cm³/mol. The molecule has 0 spiro atoms. The van der Waals surface area contributed by atoms with Gasteiger partial charge in [-0.05, 0) is 30.3 Å². The fourth-order valence-electron chi connectivity index (χ4n) is 2.82. The lowest BCUT2D eigenvalue weighted by molar-refractivity contribution is 0.0953. The van der Waals surface area contributed by atoms with Gasteiger partial charge in [-0.2, -0.15) is 4.98 Å². The van der Waals surface area contributed by atoms with Crippen molar-refractivity contribution in [2.45, 2.75) is 6.42 Å². The molecular weight excluding hydrogens is 379 g/mol. The average Bonchev–Trinajstić information content (AvgIpc) is 3.30. The molecule has 4 aromatic rings. The highest BCUT2D eigenvalue weighted by Crippen LogP contribution is 2.21. The Kier molecular flexibility index (Phi) is 5.03. The fraction of sp³-hybridized carbons (Fsp3) is 0.150. The summed E-state index contributed by atoms with van der Waals surface area (Å²) in [6.45, 7) is 0.455. The smallest absolute Gasteiger partial charge is 0.251 e. The first kappa shape index (κ1) is 18.1. The molecular formula is C20H17FN4O2S. The Morgan fingerprint density at radius 1 is 1.25 bits per heavy atom. The lowest BCUT2D eigenvalue weighted by atomic mass is 10.2. The fourth-order valence-corrected chi connectivity index (χ4v) is 3.67. The highest BCUT2D eigenvalue weighted by Gasteiger charge is 2.13. The van der Waals surface area contributed by atoms with Gasteiger partial charge in [-0.3, -0.25) is 4.79 Å². The van der Waals surface area contributed by atoms with Gasteiger partial charge in [0.15, 0.2) is 5.82 Å². The van der Waals surface area contributed by atoms with Crippen LogP contribution in [0.5, 0.6) is 5.75 Å². The number of rotatable bonds is 6. The molecule has 0 aliphatic carbocycles. The summed E-state index contributed by atoms with van der Waals surface area (Å²) < 4.78 is 20.3. The zero-order valence-corrected chi connectivity index (χ0v) is 15.9. The van der Waals surface area contributed by atoms with Gasteiger partial charge in [0.1, 0.15) is 11.6 Å². The minimum atomic E-state index is -0.323. The lowest BCUT2D eigenvalue weighted by Crippen LogP contribution is -2.26. The number of fused-ring (bicyclic) bond motifs is 1. The van der Waals surface area contributed by atoms with Crippen molar-refractivity contribution in [2.24, 2.45) is 0 Å². The van der Waals surface area contributed by atoms with Crippen molar-refractivity contribution in [3.63, 3.8) is 0 Å². The van der Waals surface area contributed by atoms with Crippen LogP contribution in [0.25, 0.3) is 16.3 Å². The summed E-state index contributed by atoms with van der Waals surface area (Å²) in [4.78, 5) is 17.5. The molecule has 0 unspecified atom stereocenters. The van der Waals surface area contributed by atoms with Crippen molar-refractivity contribution in [3.05, 3.63) is 71.0 Å². The largest absolute Gasteiger partial charge is 0.497 e. The Labute approximate surface area is 164 Å². The molecule has 0 radical (unpaired) electrons. The minimum absolute atomic E-state index is 0.163. The summed E-state index contributed by atoms with van der Waals surface area (Å²) in [5, 5.41) is 9.34. The maximum Gasteiger partial charge on any atom is 0.251 e. The number of hydrogen-bond donors (Lipinski definition) is 1. The standard InChI is InChI=1S/C20H17FN4O2S/c1-27-17-7-3-5-14(11-17)19(26)22-9-8-16-12-28-20-23-18(24-25(16)20)13-4-2-6-15(21)10-13/h2-7,10-12H,8-9H2,1H3,(H,22,26). The lowest BCUT2D eigenvalue weighted by Gasteiger charge is -2.06. The van der Waals surface area contributed by atoms with Crippen molar-refractivity contribution in [3.8, 4) is 17.1 Å². The van der Waals surface area contributed by atoms with Gasteiger partial charge in [-0.15, -0.1) is 16.4 Å². The SMILES string of the molecule is COc1cccc(C(=O)NCCc2csc3nc(-c4cccc(F)c4)nn23)c1. The highest BCUT2D eigenvalue weighted by atomic mass is 32.1. The normalized spacial score (nSPS) is 10.9. The summed E-state index contributed by atoms with van der Waals surface area (Å²) in [7, 11) is 1.56. The van der Waals surface area contributed by atoms with Gasteiger partial charge in [0.25, 0.3) is 5.91 Å². The summed E-state index contributed by atoms with van der Waals surface area (Å²) >= 11 is 1.46. The highest BCUT2D eigenvalue weighted by molar-refractivity contribution is 7.15. The Morgan fingerprint density at radius 3 is 2.93 bits per heavy atom. The Hall–Kier alpha value is -3.26. The van der Waals surface area contributed by atoms with E-state index in [1.165, 1.54) is 23.5 Å². The van der Waals surface area contributed by atoms with E-state index in [1.807, 2.05) is 5.38 Å². The Bertz CT molecular complexity index is 1140. The number of benzene rings is 2. The Morgan fingerprint density at radius 2 is 2.11 bits per heavy atom.